The minimum Gasteiger partial charge on any atom is -0.478 e. The largest absolute Gasteiger partial charge is 0.478 e. The lowest BCUT2D eigenvalue weighted by atomic mass is 9.81. The van der Waals surface area contributed by atoms with E-state index in [4.69, 9.17) is 0 Å². The van der Waals surface area contributed by atoms with Gasteiger partial charge < -0.3 is 10.4 Å². The minimum atomic E-state index is -1.05. The van der Waals surface area contributed by atoms with Crippen LogP contribution in [0, 0.1) is 19.8 Å². The van der Waals surface area contributed by atoms with E-state index in [1.807, 2.05) is 0 Å². The molecule has 2 rings (SSSR count). The van der Waals surface area contributed by atoms with E-state index in [0.717, 1.165) is 12.8 Å². The molecule has 0 aliphatic heterocycles. The molecular weight excluding hydrogens is 242 g/mol. The third-order valence-electron chi connectivity index (χ3n) is 3.77. The van der Waals surface area contributed by atoms with E-state index in [2.05, 4.69) is 12.2 Å². The maximum atomic E-state index is 12.3. The van der Waals surface area contributed by atoms with Gasteiger partial charge in [0.2, 0.25) is 0 Å². The molecule has 102 valence electrons. The van der Waals surface area contributed by atoms with Crippen LogP contribution < -0.4 is 5.32 Å². The number of aromatic carboxylic acids is 1. The molecule has 2 N–H and O–H groups in total. The number of carbonyl (C=O) groups excluding carboxylic acids is 1. The monoisotopic (exact) mass is 261 g/mol. The molecule has 1 aliphatic carbocycles. The first kappa shape index (κ1) is 13.6. The SMILES string of the molecule is Cc1ccc(C)c(C(=O)NC2CC(C)C2)c1C(=O)O. The van der Waals surface area contributed by atoms with Crippen LogP contribution in [0.2, 0.25) is 0 Å². The summed E-state index contributed by atoms with van der Waals surface area (Å²) in [6, 6.07) is 3.71. The molecule has 4 nitrogen and oxygen atoms in total. The van der Waals surface area contributed by atoms with E-state index >= 15 is 0 Å². The highest BCUT2D eigenvalue weighted by Crippen LogP contribution is 2.27. The van der Waals surface area contributed by atoms with E-state index < -0.39 is 5.97 Å². The molecule has 0 unspecified atom stereocenters. The zero-order valence-electron chi connectivity index (χ0n) is 11.5. The lowest BCUT2D eigenvalue weighted by molar-refractivity contribution is 0.0688. The summed E-state index contributed by atoms with van der Waals surface area (Å²) in [6.07, 6.45) is 1.94. The first-order chi connectivity index (χ1) is 8.90. The van der Waals surface area contributed by atoms with Crippen molar-refractivity contribution in [2.75, 3.05) is 0 Å². The highest BCUT2D eigenvalue weighted by molar-refractivity contribution is 6.06. The molecule has 0 aromatic heterocycles. The number of carboxylic acids is 1. The molecule has 1 fully saturated rings. The van der Waals surface area contributed by atoms with Gasteiger partial charge in [0.15, 0.2) is 0 Å². The fraction of sp³-hybridized carbons (Fsp3) is 0.467. The first-order valence-electron chi connectivity index (χ1n) is 6.54. The van der Waals surface area contributed by atoms with Crippen molar-refractivity contribution in [3.8, 4) is 0 Å². The van der Waals surface area contributed by atoms with Crippen LogP contribution in [-0.2, 0) is 0 Å². The van der Waals surface area contributed by atoms with Crippen molar-refractivity contribution >= 4 is 11.9 Å². The Balaban J connectivity index is 2.30. The van der Waals surface area contributed by atoms with Crippen LogP contribution in [0.1, 0.15) is 51.6 Å². The fourth-order valence-corrected chi connectivity index (χ4v) is 2.66. The maximum absolute atomic E-state index is 12.3. The van der Waals surface area contributed by atoms with Gasteiger partial charge in [-0.2, -0.15) is 0 Å². The van der Waals surface area contributed by atoms with Crippen LogP contribution in [0.25, 0.3) is 0 Å². The van der Waals surface area contributed by atoms with Crippen LogP contribution in [0.15, 0.2) is 12.1 Å². The molecule has 19 heavy (non-hydrogen) atoms. The average molecular weight is 261 g/mol. The van der Waals surface area contributed by atoms with E-state index in [0.29, 0.717) is 22.6 Å². The predicted octanol–water partition coefficient (Wildman–Crippen LogP) is 2.53. The molecule has 0 heterocycles. The zero-order chi connectivity index (χ0) is 14.2. The summed E-state index contributed by atoms with van der Waals surface area (Å²) < 4.78 is 0. The summed E-state index contributed by atoms with van der Waals surface area (Å²) in [5, 5.41) is 12.2. The Labute approximate surface area is 112 Å². The van der Waals surface area contributed by atoms with Crippen LogP contribution in [-0.4, -0.2) is 23.0 Å². The van der Waals surface area contributed by atoms with Gasteiger partial charge in [-0.1, -0.05) is 19.1 Å². The molecule has 1 aromatic carbocycles. The second-order valence-corrected chi connectivity index (χ2v) is 5.50. The smallest absolute Gasteiger partial charge is 0.336 e. The Kier molecular flexibility index (Phi) is 3.60. The van der Waals surface area contributed by atoms with Crippen molar-refractivity contribution in [3.05, 3.63) is 34.4 Å². The van der Waals surface area contributed by atoms with E-state index in [-0.39, 0.29) is 17.5 Å². The normalized spacial score (nSPS) is 21.6. The minimum absolute atomic E-state index is 0.116. The van der Waals surface area contributed by atoms with Crippen LogP contribution in [0.5, 0.6) is 0 Å². The van der Waals surface area contributed by atoms with Gasteiger partial charge >= 0.3 is 5.97 Å². The summed E-state index contributed by atoms with van der Waals surface area (Å²) >= 11 is 0. The standard InChI is InChI=1S/C15H19NO3/c1-8-6-11(7-8)16-14(17)12-9(2)4-5-10(3)13(12)15(18)19/h4-5,8,11H,6-7H2,1-3H3,(H,16,17)(H,18,19). The number of hydrogen-bond acceptors (Lipinski definition) is 2. The summed E-state index contributed by atoms with van der Waals surface area (Å²) in [5.41, 5.74) is 1.73. The molecule has 1 aliphatic rings. The van der Waals surface area contributed by atoms with E-state index in [1.54, 1.807) is 26.0 Å². The van der Waals surface area contributed by atoms with Crippen LogP contribution in [0.4, 0.5) is 0 Å². The Morgan fingerprint density at radius 2 is 1.68 bits per heavy atom. The fourth-order valence-electron chi connectivity index (χ4n) is 2.66. The summed E-state index contributed by atoms with van der Waals surface area (Å²) in [6.45, 7) is 5.62. The average Bonchev–Trinajstić information content (AvgIpc) is 2.29. The third kappa shape index (κ3) is 2.62. The van der Waals surface area contributed by atoms with Crippen LogP contribution in [0.3, 0.4) is 0 Å². The Hall–Kier alpha value is -1.84. The molecular formula is C15H19NO3. The number of carbonyl (C=O) groups is 2. The quantitative estimate of drug-likeness (QED) is 0.878. The van der Waals surface area contributed by atoms with Gasteiger partial charge in [0, 0.05) is 6.04 Å². The van der Waals surface area contributed by atoms with Gasteiger partial charge in [0.1, 0.15) is 0 Å². The highest BCUT2D eigenvalue weighted by atomic mass is 16.4. The zero-order valence-corrected chi connectivity index (χ0v) is 11.5. The molecule has 4 heteroatoms. The lowest BCUT2D eigenvalue weighted by Gasteiger charge is -2.33. The van der Waals surface area contributed by atoms with Gasteiger partial charge in [0.05, 0.1) is 11.1 Å². The number of benzene rings is 1. The summed E-state index contributed by atoms with van der Waals surface area (Å²) in [5.74, 6) is -0.674. The number of hydrogen-bond donors (Lipinski definition) is 2. The molecule has 0 spiro atoms. The van der Waals surface area contributed by atoms with E-state index in [9.17, 15) is 14.7 Å². The Bertz CT molecular complexity index is 530. The maximum Gasteiger partial charge on any atom is 0.336 e. The van der Waals surface area contributed by atoms with Gasteiger partial charge in [-0.25, -0.2) is 4.79 Å². The van der Waals surface area contributed by atoms with Gasteiger partial charge in [-0.05, 0) is 43.7 Å². The Morgan fingerprint density at radius 1 is 1.16 bits per heavy atom. The predicted molar refractivity (Wildman–Crippen MR) is 72.5 cm³/mol. The summed E-state index contributed by atoms with van der Waals surface area (Å²) in [7, 11) is 0. The van der Waals surface area contributed by atoms with Gasteiger partial charge in [-0.3, -0.25) is 4.79 Å². The second kappa shape index (κ2) is 5.03. The van der Waals surface area contributed by atoms with Crippen molar-refractivity contribution in [2.45, 2.75) is 39.7 Å². The Morgan fingerprint density at radius 3 is 2.16 bits per heavy atom. The molecule has 1 aromatic rings. The number of amides is 1. The van der Waals surface area contributed by atoms with Crippen molar-refractivity contribution < 1.29 is 14.7 Å². The van der Waals surface area contributed by atoms with E-state index in [1.165, 1.54) is 0 Å². The molecule has 0 radical (unpaired) electrons. The third-order valence-corrected chi connectivity index (χ3v) is 3.77. The van der Waals surface area contributed by atoms with Crippen molar-refractivity contribution in [2.24, 2.45) is 5.92 Å². The number of nitrogens with one attached hydrogen (secondary N) is 1. The molecule has 0 atom stereocenters. The van der Waals surface area contributed by atoms with Crippen molar-refractivity contribution in [1.29, 1.82) is 0 Å². The van der Waals surface area contributed by atoms with Crippen molar-refractivity contribution in [1.82, 2.24) is 5.32 Å². The topological polar surface area (TPSA) is 66.4 Å². The van der Waals surface area contributed by atoms with Gasteiger partial charge in [-0.15, -0.1) is 0 Å². The first-order valence-corrected chi connectivity index (χ1v) is 6.54. The lowest BCUT2D eigenvalue weighted by Crippen LogP contribution is -2.44. The number of aryl methyl sites for hydroxylation is 2. The number of carboxylic acid groups (broad SMARTS) is 1. The summed E-state index contributed by atoms with van der Waals surface area (Å²) in [4.78, 5) is 23.6. The molecule has 1 amide bonds. The highest BCUT2D eigenvalue weighted by Gasteiger charge is 2.29. The molecule has 0 saturated heterocycles. The molecule has 1 saturated carbocycles. The van der Waals surface area contributed by atoms with Gasteiger partial charge in [0.25, 0.3) is 5.91 Å². The molecule has 0 bridgehead atoms. The van der Waals surface area contributed by atoms with Crippen molar-refractivity contribution in [3.63, 3.8) is 0 Å². The van der Waals surface area contributed by atoms with Crippen LogP contribution >= 0.6 is 0 Å². The number of rotatable bonds is 3. The second-order valence-electron chi connectivity index (χ2n) is 5.50.